The Morgan fingerprint density at radius 3 is 2.38 bits per heavy atom. The van der Waals surface area contributed by atoms with E-state index in [2.05, 4.69) is 26.0 Å². The summed E-state index contributed by atoms with van der Waals surface area (Å²) < 4.78 is 18.2. The van der Waals surface area contributed by atoms with E-state index in [-0.39, 0.29) is 0 Å². The summed E-state index contributed by atoms with van der Waals surface area (Å²) in [4.78, 5) is 0. The fraction of sp³-hybridized carbons (Fsp3) is 0.333. The van der Waals surface area contributed by atoms with E-state index < -0.39 is 5.79 Å². The molecule has 108 valence electrons. The number of benzene rings is 2. The molecular weight excluding hydrogens is 264 g/mol. The first-order chi connectivity index (χ1) is 10.2. The second-order valence-electron chi connectivity index (χ2n) is 5.82. The lowest BCUT2D eigenvalue weighted by molar-refractivity contribution is -0.135. The number of rotatable bonds is 1. The average molecular weight is 282 g/mol. The van der Waals surface area contributed by atoms with Crippen LogP contribution < -0.4 is 4.74 Å². The maximum atomic E-state index is 6.07. The normalized spacial score (nSPS) is 18.4. The molecule has 0 unspecified atom stereocenters. The third-order valence-corrected chi connectivity index (χ3v) is 4.18. The molecule has 0 radical (unpaired) electrons. The van der Waals surface area contributed by atoms with E-state index in [1.807, 2.05) is 30.3 Å². The standard InChI is InChI=1S/C18H18O3/c1-12(2)13-7-8-17-15(11-13)18(19-9-10-20-18)14-5-3-4-6-16(14)21-17/h3-8,11-12H,9-10H2,1-2H3. The van der Waals surface area contributed by atoms with Gasteiger partial charge in [0.15, 0.2) is 0 Å². The Hall–Kier alpha value is -1.84. The first-order valence-electron chi connectivity index (χ1n) is 7.40. The molecule has 3 nitrogen and oxygen atoms in total. The predicted octanol–water partition coefficient (Wildman–Crippen LogP) is 4.16. The molecule has 0 aromatic heterocycles. The molecule has 1 saturated heterocycles. The molecule has 1 fully saturated rings. The van der Waals surface area contributed by atoms with E-state index in [1.165, 1.54) is 5.56 Å². The van der Waals surface area contributed by atoms with Crippen LogP contribution in [0.15, 0.2) is 42.5 Å². The van der Waals surface area contributed by atoms with Gasteiger partial charge in [0, 0.05) is 0 Å². The van der Waals surface area contributed by atoms with Crippen molar-refractivity contribution in [3.05, 3.63) is 59.2 Å². The molecule has 2 heterocycles. The minimum Gasteiger partial charge on any atom is -0.456 e. The third-order valence-electron chi connectivity index (χ3n) is 4.18. The van der Waals surface area contributed by atoms with Crippen LogP contribution >= 0.6 is 0 Å². The van der Waals surface area contributed by atoms with Gasteiger partial charge in [0.25, 0.3) is 0 Å². The summed E-state index contributed by atoms with van der Waals surface area (Å²) in [6, 6.07) is 14.2. The number of ether oxygens (including phenoxy) is 3. The van der Waals surface area contributed by atoms with Crippen molar-refractivity contribution in [1.29, 1.82) is 0 Å². The van der Waals surface area contributed by atoms with Crippen molar-refractivity contribution in [3.63, 3.8) is 0 Å². The molecule has 1 spiro atoms. The lowest BCUT2D eigenvalue weighted by Gasteiger charge is -2.35. The zero-order valence-electron chi connectivity index (χ0n) is 12.3. The highest BCUT2D eigenvalue weighted by Gasteiger charge is 2.47. The molecule has 21 heavy (non-hydrogen) atoms. The molecule has 0 atom stereocenters. The van der Waals surface area contributed by atoms with Crippen LogP contribution in [0.1, 0.15) is 36.5 Å². The highest BCUT2D eigenvalue weighted by atomic mass is 16.7. The van der Waals surface area contributed by atoms with Crippen molar-refractivity contribution in [2.45, 2.75) is 25.6 Å². The Morgan fingerprint density at radius 1 is 0.905 bits per heavy atom. The third kappa shape index (κ3) is 1.81. The molecule has 0 bridgehead atoms. The summed E-state index contributed by atoms with van der Waals surface area (Å²) in [5.41, 5.74) is 3.19. The first-order valence-corrected chi connectivity index (χ1v) is 7.40. The zero-order valence-corrected chi connectivity index (χ0v) is 12.3. The van der Waals surface area contributed by atoms with Crippen LogP contribution in [0.2, 0.25) is 0 Å². The molecule has 2 aliphatic rings. The van der Waals surface area contributed by atoms with E-state index in [4.69, 9.17) is 14.2 Å². The van der Waals surface area contributed by atoms with Gasteiger partial charge in [-0.3, -0.25) is 0 Å². The summed E-state index contributed by atoms with van der Waals surface area (Å²) in [6.07, 6.45) is 0. The second kappa shape index (κ2) is 4.58. The molecular formula is C18H18O3. The smallest absolute Gasteiger partial charge is 0.229 e. The van der Waals surface area contributed by atoms with E-state index in [9.17, 15) is 0 Å². The van der Waals surface area contributed by atoms with E-state index in [0.717, 1.165) is 22.6 Å². The minimum atomic E-state index is -0.810. The van der Waals surface area contributed by atoms with Gasteiger partial charge < -0.3 is 14.2 Å². The molecule has 3 heteroatoms. The Morgan fingerprint density at radius 2 is 1.62 bits per heavy atom. The van der Waals surface area contributed by atoms with Crippen LogP contribution in [-0.2, 0) is 15.3 Å². The number of para-hydroxylation sites is 1. The lowest BCUT2D eigenvalue weighted by Crippen LogP contribution is -2.32. The van der Waals surface area contributed by atoms with Gasteiger partial charge in [0.05, 0.1) is 24.3 Å². The number of hydrogen-bond donors (Lipinski definition) is 0. The van der Waals surface area contributed by atoms with E-state index >= 15 is 0 Å². The molecule has 2 aromatic rings. The molecule has 0 N–H and O–H groups in total. The predicted molar refractivity (Wildman–Crippen MR) is 79.7 cm³/mol. The first kappa shape index (κ1) is 12.9. The van der Waals surface area contributed by atoms with Crippen molar-refractivity contribution in [3.8, 4) is 11.5 Å². The van der Waals surface area contributed by atoms with Crippen molar-refractivity contribution < 1.29 is 14.2 Å². The lowest BCUT2D eigenvalue weighted by atomic mass is 9.90. The summed E-state index contributed by atoms with van der Waals surface area (Å²) in [5, 5.41) is 0. The van der Waals surface area contributed by atoms with Crippen molar-refractivity contribution in [2.75, 3.05) is 13.2 Å². The Labute approximate surface area is 124 Å². The summed E-state index contributed by atoms with van der Waals surface area (Å²) in [7, 11) is 0. The molecule has 4 rings (SSSR count). The molecule has 0 saturated carbocycles. The summed E-state index contributed by atoms with van der Waals surface area (Å²) in [6.45, 7) is 5.56. The van der Waals surface area contributed by atoms with Gasteiger partial charge in [-0.2, -0.15) is 0 Å². The quantitative estimate of drug-likeness (QED) is 0.786. The van der Waals surface area contributed by atoms with Gasteiger partial charge in [-0.25, -0.2) is 0 Å². The maximum absolute atomic E-state index is 6.07. The minimum absolute atomic E-state index is 0.450. The number of fused-ring (bicyclic) bond motifs is 4. The van der Waals surface area contributed by atoms with Crippen molar-refractivity contribution >= 4 is 0 Å². The van der Waals surface area contributed by atoms with Gasteiger partial charge in [-0.05, 0) is 35.7 Å². The van der Waals surface area contributed by atoms with Crippen LogP contribution in [0.5, 0.6) is 11.5 Å². The van der Waals surface area contributed by atoms with Crippen LogP contribution in [0, 0.1) is 0 Å². The molecule has 2 aromatic carbocycles. The summed E-state index contributed by atoms with van der Waals surface area (Å²) >= 11 is 0. The van der Waals surface area contributed by atoms with Gasteiger partial charge in [-0.15, -0.1) is 0 Å². The second-order valence-corrected chi connectivity index (χ2v) is 5.82. The Balaban J connectivity index is 1.95. The van der Waals surface area contributed by atoms with Gasteiger partial charge >= 0.3 is 0 Å². The van der Waals surface area contributed by atoms with Gasteiger partial charge in [0.1, 0.15) is 11.5 Å². The van der Waals surface area contributed by atoms with E-state index in [0.29, 0.717) is 19.1 Å². The largest absolute Gasteiger partial charge is 0.456 e. The van der Waals surface area contributed by atoms with E-state index in [1.54, 1.807) is 0 Å². The van der Waals surface area contributed by atoms with Gasteiger partial charge in [-0.1, -0.05) is 32.0 Å². The monoisotopic (exact) mass is 282 g/mol. The van der Waals surface area contributed by atoms with Crippen molar-refractivity contribution in [1.82, 2.24) is 0 Å². The van der Waals surface area contributed by atoms with Gasteiger partial charge in [0.2, 0.25) is 5.79 Å². The van der Waals surface area contributed by atoms with Crippen LogP contribution in [0.4, 0.5) is 0 Å². The van der Waals surface area contributed by atoms with Crippen LogP contribution in [0.25, 0.3) is 0 Å². The molecule has 0 amide bonds. The Bertz CT molecular complexity index is 685. The molecule has 2 aliphatic heterocycles. The Kier molecular flexibility index (Phi) is 2.81. The highest BCUT2D eigenvalue weighted by Crippen LogP contribution is 2.51. The SMILES string of the molecule is CC(C)c1ccc2c(c1)C1(OCCO1)c1ccccc1O2. The fourth-order valence-corrected chi connectivity index (χ4v) is 3.07. The zero-order chi connectivity index (χ0) is 14.4. The van der Waals surface area contributed by atoms with Crippen LogP contribution in [0.3, 0.4) is 0 Å². The fourth-order valence-electron chi connectivity index (χ4n) is 3.07. The molecule has 0 aliphatic carbocycles. The number of hydrogen-bond acceptors (Lipinski definition) is 3. The van der Waals surface area contributed by atoms with Crippen LogP contribution in [-0.4, -0.2) is 13.2 Å². The summed E-state index contributed by atoms with van der Waals surface area (Å²) in [5.74, 6) is 1.27. The highest BCUT2D eigenvalue weighted by molar-refractivity contribution is 5.55. The van der Waals surface area contributed by atoms with Crippen molar-refractivity contribution in [2.24, 2.45) is 0 Å². The average Bonchev–Trinajstić information content (AvgIpc) is 2.98. The maximum Gasteiger partial charge on any atom is 0.229 e. The topological polar surface area (TPSA) is 27.7 Å².